The first-order valence-corrected chi connectivity index (χ1v) is 14.3. The van der Waals surface area contributed by atoms with Crippen LogP contribution in [0.15, 0.2) is 109 Å². The van der Waals surface area contributed by atoms with Crippen LogP contribution in [0.3, 0.4) is 0 Å². The van der Waals surface area contributed by atoms with Gasteiger partial charge in [0.1, 0.15) is 5.75 Å². The van der Waals surface area contributed by atoms with Gasteiger partial charge in [-0.1, -0.05) is 54.6 Å². The van der Waals surface area contributed by atoms with Crippen molar-refractivity contribution in [1.82, 2.24) is 0 Å². The van der Waals surface area contributed by atoms with Crippen LogP contribution in [0.1, 0.15) is 42.9 Å². The Morgan fingerprint density at radius 3 is 2.02 bits per heavy atom. The fourth-order valence-electron chi connectivity index (χ4n) is 6.13. The minimum Gasteiger partial charge on any atom is -0.508 e. The van der Waals surface area contributed by atoms with Crippen LogP contribution in [-0.2, 0) is 0 Å². The molecule has 0 fully saturated rings. The van der Waals surface area contributed by atoms with Crippen LogP contribution in [0.4, 0.5) is 22.7 Å². The third kappa shape index (κ3) is 4.98. The summed E-state index contributed by atoms with van der Waals surface area (Å²) in [6, 6.07) is 39.1. The molecule has 5 aromatic carbocycles. The molecule has 2 unspecified atom stereocenters. The van der Waals surface area contributed by atoms with E-state index in [0.717, 1.165) is 30.9 Å². The number of nitrogens with zero attached hydrogens (tertiary/aromatic N) is 2. The molecule has 4 bridgehead atoms. The number of phenols is 1. The van der Waals surface area contributed by atoms with Gasteiger partial charge in [-0.2, -0.15) is 0 Å². The summed E-state index contributed by atoms with van der Waals surface area (Å²) in [5.74, 6) is 0.357. The maximum absolute atomic E-state index is 9.71. The van der Waals surface area contributed by atoms with Crippen LogP contribution in [-0.4, -0.2) is 31.3 Å². The molecule has 9 rings (SSSR count). The molecule has 4 heterocycles. The van der Waals surface area contributed by atoms with E-state index in [1.54, 1.807) is 12.1 Å². The van der Waals surface area contributed by atoms with Crippen molar-refractivity contribution in [1.29, 1.82) is 0 Å². The zero-order valence-corrected chi connectivity index (χ0v) is 23.5. The summed E-state index contributed by atoms with van der Waals surface area (Å²) in [5, 5.41) is 15.7. The Kier molecular flexibility index (Phi) is 7.08. The molecule has 4 heteroatoms. The number of benzene rings is 5. The fraction of sp³-hybridized carbons (Fsp3) is 0.222. The number of aromatic hydroxyl groups is 1. The molecule has 0 spiro atoms. The zero-order valence-electron chi connectivity index (χ0n) is 23.5. The molecular formula is C36H37N3O. The molecule has 5 aromatic rings. The second-order valence-electron chi connectivity index (χ2n) is 10.9. The van der Waals surface area contributed by atoms with Gasteiger partial charge in [-0.15, -0.1) is 0 Å². The highest BCUT2D eigenvalue weighted by Gasteiger charge is 2.22. The predicted molar refractivity (Wildman–Crippen MR) is 170 cm³/mol. The van der Waals surface area contributed by atoms with Crippen molar-refractivity contribution >= 4 is 33.5 Å². The van der Waals surface area contributed by atoms with Gasteiger partial charge in [-0.25, -0.2) is 0 Å². The average molecular weight is 528 g/mol. The standard InChI is InChI=1S/C36H37N3O/c1-4-39-25(2)23-24-38(3)29-15-9-26(10-16-29)36(27-11-17-30(39)18-12-27)34-21-22-35(33-8-6-5-7-32(33)34)37-28-13-19-31(40)20-14-28/h5-22,25,36-37,40H,4,23-24H2,1-3H3. The van der Waals surface area contributed by atoms with Gasteiger partial charge < -0.3 is 20.2 Å². The van der Waals surface area contributed by atoms with Crippen LogP contribution >= 0.6 is 0 Å². The highest BCUT2D eigenvalue weighted by atomic mass is 16.3. The Balaban J connectivity index is 1.49. The number of phenolic OH excluding ortho intramolecular Hbond substituents is 1. The second-order valence-corrected chi connectivity index (χ2v) is 10.9. The Hall–Kier alpha value is -4.44. The van der Waals surface area contributed by atoms with E-state index in [1.807, 2.05) is 12.1 Å². The third-order valence-corrected chi connectivity index (χ3v) is 8.40. The van der Waals surface area contributed by atoms with Gasteiger partial charge in [-0.3, -0.25) is 0 Å². The van der Waals surface area contributed by atoms with Crippen molar-refractivity contribution in [3.05, 3.63) is 126 Å². The summed E-state index contributed by atoms with van der Waals surface area (Å²) in [6.45, 7) is 6.58. The molecule has 2 N–H and O–H groups in total. The number of hydrogen-bond donors (Lipinski definition) is 2. The Morgan fingerprint density at radius 1 is 0.750 bits per heavy atom. The fourth-order valence-corrected chi connectivity index (χ4v) is 6.13. The largest absolute Gasteiger partial charge is 0.508 e. The molecule has 2 atom stereocenters. The van der Waals surface area contributed by atoms with Gasteiger partial charge in [0.2, 0.25) is 0 Å². The lowest BCUT2D eigenvalue weighted by Gasteiger charge is -2.33. The molecule has 0 aliphatic carbocycles. The van der Waals surface area contributed by atoms with E-state index in [1.165, 1.54) is 38.8 Å². The summed E-state index contributed by atoms with van der Waals surface area (Å²) in [6.07, 6.45) is 1.10. The molecule has 40 heavy (non-hydrogen) atoms. The monoisotopic (exact) mass is 527 g/mol. The Bertz CT molecular complexity index is 1590. The van der Waals surface area contributed by atoms with E-state index >= 15 is 0 Å². The van der Waals surface area contributed by atoms with Gasteiger partial charge >= 0.3 is 0 Å². The molecule has 0 saturated carbocycles. The van der Waals surface area contributed by atoms with Crippen molar-refractivity contribution < 1.29 is 5.11 Å². The Morgan fingerprint density at radius 2 is 1.38 bits per heavy atom. The van der Waals surface area contributed by atoms with Crippen LogP contribution in [0.5, 0.6) is 5.75 Å². The van der Waals surface area contributed by atoms with Gasteiger partial charge in [-0.05, 0) is 96.9 Å². The molecule has 0 saturated heterocycles. The smallest absolute Gasteiger partial charge is 0.115 e. The van der Waals surface area contributed by atoms with Gasteiger partial charge in [0.25, 0.3) is 0 Å². The summed E-state index contributed by atoms with van der Waals surface area (Å²) in [4.78, 5) is 4.88. The minimum atomic E-state index is 0.0940. The SMILES string of the molecule is CCN1c2ccc(cc2)C(c2ccc(Nc3ccc(O)cc3)c3ccccc23)c2ccc(cc2)N(C)CCC1C. The first-order valence-electron chi connectivity index (χ1n) is 14.3. The van der Waals surface area contributed by atoms with Crippen LogP contribution in [0.25, 0.3) is 10.8 Å². The first-order chi connectivity index (χ1) is 19.5. The normalized spacial score (nSPS) is 17.3. The van der Waals surface area contributed by atoms with Gasteiger partial charge in [0, 0.05) is 60.2 Å². The molecule has 0 radical (unpaired) electrons. The van der Waals surface area contributed by atoms with Crippen molar-refractivity contribution in [2.75, 3.05) is 35.3 Å². The van der Waals surface area contributed by atoms with Crippen molar-refractivity contribution in [3.63, 3.8) is 0 Å². The summed E-state index contributed by atoms with van der Waals surface area (Å²) < 4.78 is 0. The summed E-state index contributed by atoms with van der Waals surface area (Å²) >= 11 is 0. The number of anilines is 4. The van der Waals surface area contributed by atoms with Crippen molar-refractivity contribution in [3.8, 4) is 5.75 Å². The van der Waals surface area contributed by atoms with E-state index in [9.17, 15) is 5.11 Å². The maximum atomic E-state index is 9.71. The number of hydrogen-bond acceptors (Lipinski definition) is 4. The second kappa shape index (κ2) is 11.0. The van der Waals surface area contributed by atoms with Crippen molar-refractivity contribution in [2.24, 2.45) is 0 Å². The van der Waals surface area contributed by atoms with E-state index < -0.39 is 0 Å². The molecule has 4 nitrogen and oxygen atoms in total. The third-order valence-electron chi connectivity index (χ3n) is 8.40. The van der Waals surface area contributed by atoms with Crippen molar-refractivity contribution in [2.45, 2.75) is 32.2 Å². The Labute approximate surface area is 237 Å². The van der Waals surface area contributed by atoms with E-state index in [4.69, 9.17) is 0 Å². The number of fused-ring (bicyclic) bond motifs is 1. The number of nitrogens with one attached hydrogen (secondary N) is 1. The predicted octanol–water partition coefficient (Wildman–Crippen LogP) is 8.52. The average Bonchev–Trinajstić information content (AvgIpc) is 2.99. The maximum Gasteiger partial charge on any atom is 0.115 e. The minimum absolute atomic E-state index is 0.0940. The lowest BCUT2D eigenvalue weighted by Crippen LogP contribution is -2.35. The zero-order chi connectivity index (χ0) is 27.6. The molecule has 202 valence electrons. The lowest BCUT2D eigenvalue weighted by molar-refractivity contribution is 0.475. The van der Waals surface area contributed by atoms with Crippen LogP contribution in [0.2, 0.25) is 0 Å². The molecule has 4 aliphatic heterocycles. The molecule has 0 amide bonds. The lowest BCUT2D eigenvalue weighted by atomic mass is 9.82. The van der Waals surface area contributed by atoms with Gasteiger partial charge in [0.15, 0.2) is 0 Å². The highest BCUT2D eigenvalue weighted by Crippen LogP contribution is 2.40. The quantitative estimate of drug-likeness (QED) is 0.230. The number of rotatable bonds is 4. The van der Waals surface area contributed by atoms with E-state index in [-0.39, 0.29) is 11.7 Å². The summed E-state index contributed by atoms with van der Waals surface area (Å²) in [5.41, 5.74) is 8.38. The molecular weight excluding hydrogens is 490 g/mol. The van der Waals surface area contributed by atoms with Crippen LogP contribution in [0, 0.1) is 0 Å². The molecule has 0 aromatic heterocycles. The van der Waals surface area contributed by atoms with Gasteiger partial charge in [0.05, 0.1) is 0 Å². The van der Waals surface area contributed by atoms with E-state index in [0.29, 0.717) is 6.04 Å². The topological polar surface area (TPSA) is 38.7 Å². The summed E-state index contributed by atoms with van der Waals surface area (Å²) in [7, 11) is 2.20. The van der Waals surface area contributed by atoms with Crippen LogP contribution < -0.4 is 15.1 Å². The highest BCUT2D eigenvalue weighted by molar-refractivity contribution is 5.98. The first kappa shape index (κ1) is 25.8. The van der Waals surface area contributed by atoms with E-state index in [2.05, 4.69) is 121 Å². The molecule has 4 aliphatic rings.